The number of hydrogen-bond acceptors (Lipinski definition) is 3. The molecule has 0 bridgehead atoms. The van der Waals surface area contributed by atoms with Gasteiger partial charge in [0.2, 0.25) is 0 Å². The molecule has 1 N–H and O–H groups in total. The van der Waals surface area contributed by atoms with Gasteiger partial charge < -0.3 is 10.1 Å². The maximum Gasteiger partial charge on any atom is 0.127 e. The van der Waals surface area contributed by atoms with E-state index in [0.717, 1.165) is 34.5 Å². The van der Waals surface area contributed by atoms with Gasteiger partial charge in [0, 0.05) is 28.7 Å². The summed E-state index contributed by atoms with van der Waals surface area (Å²) in [7, 11) is 0. The first-order valence-electron chi connectivity index (χ1n) is 6.55. The van der Waals surface area contributed by atoms with Crippen molar-refractivity contribution in [3.63, 3.8) is 0 Å². The number of nitrogens with zero attached hydrogens (tertiary/aromatic N) is 1. The first kappa shape index (κ1) is 14.2. The average Bonchev–Trinajstić information content (AvgIpc) is 2.93. The number of halogens is 2. The summed E-state index contributed by atoms with van der Waals surface area (Å²) in [4.78, 5) is 0. The van der Waals surface area contributed by atoms with E-state index in [0.29, 0.717) is 17.1 Å². The lowest BCUT2D eigenvalue weighted by Gasteiger charge is -2.11. The maximum absolute atomic E-state index is 8.88. The van der Waals surface area contributed by atoms with Gasteiger partial charge in [-0.25, -0.2) is 0 Å². The molecule has 2 aromatic carbocycles. The van der Waals surface area contributed by atoms with Crippen molar-refractivity contribution >= 4 is 33.2 Å². The number of hydrogen-bond donors (Lipinski definition) is 1. The van der Waals surface area contributed by atoms with Crippen LogP contribution in [0.1, 0.15) is 16.7 Å². The molecule has 0 spiro atoms. The van der Waals surface area contributed by atoms with Gasteiger partial charge in [-0.15, -0.1) is 0 Å². The average molecular weight is 364 g/mol. The van der Waals surface area contributed by atoms with Crippen molar-refractivity contribution < 1.29 is 4.74 Å². The Hall–Kier alpha value is -1.70. The molecule has 0 saturated heterocycles. The zero-order chi connectivity index (χ0) is 14.8. The molecule has 21 heavy (non-hydrogen) atoms. The summed E-state index contributed by atoms with van der Waals surface area (Å²) < 4.78 is 6.76. The minimum atomic E-state index is 0.457. The van der Waals surface area contributed by atoms with Gasteiger partial charge in [-0.1, -0.05) is 27.5 Å². The van der Waals surface area contributed by atoms with Crippen molar-refractivity contribution in [3.8, 4) is 11.8 Å². The Balaban J connectivity index is 1.80. The molecule has 1 aliphatic heterocycles. The molecular formula is C16H12BrClN2O. The summed E-state index contributed by atoms with van der Waals surface area (Å²) in [5.41, 5.74) is 3.70. The van der Waals surface area contributed by atoms with E-state index in [9.17, 15) is 0 Å². The molecule has 1 heterocycles. The lowest BCUT2D eigenvalue weighted by atomic mass is 10.1. The van der Waals surface area contributed by atoms with E-state index in [2.05, 4.69) is 39.4 Å². The Labute approximate surface area is 136 Å². The highest BCUT2D eigenvalue weighted by molar-refractivity contribution is 9.10. The van der Waals surface area contributed by atoms with Crippen LogP contribution in [-0.2, 0) is 13.0 Å². The molecule has 0 radical (unpaired) electrons. The number of fused-ring (bicyclic) bond motifs is 1. The summed E-state index contributed by atoms with van der Waals surface area (Å²) in [5, 5.41) is 12.6. The molecule has 0 aliphatic carbocycles. The minimum absolute atomic E-state index is 0.457. The van der Waals surface area contributed by atoms with E-state index in [4.69, 9.17) is 21.6 Å². The van der Waals surface area contributed by atoms with Crippen LogP contribution in [0.2, 0.25) is 5.02 Å². The highest BCUT2D eigenvalue weighted by Crippen LogP contribution is 2.33. The summed E-state index contributed by atoms with van der Waals surface area (Å²) >= 11 is 9.57. The summed E-state index contributed by atoms with van der Waals surface area (Å²) in [6.07, 6.45) is 0.949. The molecular weight excluding hydrogens is 352 g/mol. The van der Waals surface area contributed by atoms with Gasteiger partial charge in [0.05, 0.1) is 17.2 Å². The fourth-order valence-electron chi connectivity index (χ4n) is 2.39. The van der Waals surface area contributed by atoms with Crippen LogP contribution in [0, 0.1) is 11.3 Å². The molecule has 106 valence electrons. The maximum atomic E-state index is 8.88. The van der Waals surface area contributed by atoms with Gasteiger partial charge in [0.15, 0.2) is 0 Å². The number of ether oxygens (including phenoxy) is 1. The zero-order valence-electron chi connectivity index (χ0n) is 11.1. The minimum Gasteiger partial charge on any atom is -0.493 e. The summed E-state index contributed by atoms with van der Waals surface area (Å²) in [6, 6.07) is 11.5. The first-order chi connectivity index (χ1) is 10.2. The number of benzene rings is 2. The fraction of sp³-hybridized carbons (Fsp3) is 0.188. The lowest BCUT2D eigenvalue weighted by Crippen LogP contribution is -2.02. The predicted octanol–water partition coefficient (Wildman–Crippen LogP) is 4.52. The summed E-state index contributed by atoms with van der Waals surface area (Å²) in [5.74, 6) is 0.977. The van der Waals surface area contributed by atoms with Gasteiger partial charge in [-0.3, -0.25) is 0 Å². The molecule has 1 aliphatic rings. The molecule has 2 aromatic rings. The van der Waals surface area contributed by atoms with E-state index in [-0.39, 0.29) is 0 Å². The Morgan fingerprint density at radius 3 is 2.95 bits per heavy atom. The van der Waals surface area contributed by atoms with Crippen LogP contribution in [-0.4, -0.2) is 6.61 Å². The smallest absolute Gasteiger partial charge is 0.127 e. The standard InChI is InChI=1S/C16H12BrClN2O/c17-13-5-10-3-4-21-16(10)12(6-13)9-20-14-2-1-11(8-19)15(18)7-14/h1-2,5-7,20H,3-4,9H2. The highest BCUT2D eigenvalue weighted by atomic mass is 79.9. The molecule has 0 fully saturated rings. The van der Waals surface area contributed by atoms with Crippen molar-refractivity contribution in [1.29, 1.82) is 5.26 Å². The molecule has 0 atom stereocenters. The van der Waals surface area contributed by atoms with E-state index < -0.39 is 0 Å². The van der Waals surface area contributed by atoms with E-state index in [1.165, 1.54) is 5.56 Å². The molecule has 3 rings (SSSR count). The Bertz CT molecular complexity index is 740. The van der Waals surface area contributed by atoms with Crippen LogP contribution in [0.5, 0.6) is 5.75 Å². The van der Waals surface area contributed by atoms with E-state index >= 15 is 0 Å². The van der Waals surface area contributed by atoms with Crippen LogP contribution >= 0.6 is 27.5 Å². The van der Waals surface area contributed by atoms with Gasteiger partial charge in [-0.2, -0.15) is 5.26 Å². The van der Waals surface area contributed by atoms with Gasteiger partial charge >= 0.3 is 0 Å². The Kier molecular flexibility index (Phi) is 4.05. The number of nitriles is 1. The third-order valence-corrected chi connectivity index (χ3v) is 4.17. The summed E-state index contributed by atoms with van der Waals surface area (Å²) in [6.45, 7) is 1.38. The second-order valence-electron chi connectivity index (χ2n) is 4.81. The van der Waals surface area contributed by atoms with Crippen molar-refractivity contribution in [2.24, 2.45) is 0 Å². The second kappa shape index (κ2) is 5.97. The quantitative estimate of drug-likeness (QED) is 0.872. The first-order valence-corrected chi connectivity index (χ1v) is 7.72. The van der Waals surface area contributed by atoms with E-state index in [1.807, 2.05) is 6.07 Å². The van der Waals surface area contributed by atoms with Crippen LogP contribution in [0.15, 0.2) is 34.8 Å². The zero-order valence-corrected chi connectivity index (χ0v) is 13.5. The monoisotopic (exact) mass is 362 g/mol. The number of rotatable bonds is 3. The van der Waals surface area contributed by atoms with Crippen LogP contribution in [0.4, 0.5) is 5.69 Å². The third kappa shape index (κ3) is 2.99. The van der Waals surface area contributed by atoms with Crippen molar-refractivity contribution in [1.82, 2.24) is 0 Å². The number of nitrogens with one attached hydrogen (secondary N) is 1. The molecule has 0 aromatic heterocycles. The van der Waals surface area contributed by atoms with Crippen LogP contribution < -0.4 is 10.1 Å². The Morgan fingerprint density at radius 1 is 1.33 bits per heavy atom. The van der Waals surface area contributed by atoms with E-state index in [1.54, 1.807) is 12.1 Å². The second-order valence-corrected chi connectivity index (χ2v) is 6.13. The Morgan fingerprint density at radius 2 is 2.19 bits per heavy atom. The highest BCUT2D eigenvalue weighted by Gasteiger charge is 2.17. The lowest BCUT2D eigenvalue weighted by molar-refractivity contribution is 0.354. The molecule has 3 nitrogen and oxygen atoms in total. The molecule has 0 amide bonds. The van der Waals surface area contributed by atoms with Gasteiger partial charge in [-0.05, 0) is 35.9 Å². The fourth-order valence-corrected chi connectivity index (χ4v) is 3.17. The van der Waals surface area contributed by atoms with Crippen LogP contribution in [0.25, 0.3) is 0 Å². The van der Waals surface area contributed by atoms with Crippen molar-refractivity contribution in [2.75, 3.05) is 11.9 Å². The van der Waals surface area contributed by atoms with Crippen molar-refractivity contribution in [3.05, 3.63) is 56.5 Å². The normalized spacial score (nSPS) is 12.4. The SMILES string of the molecule is N#Cc1ccc(NCc2cc(Br)cc3c2OCC3)cc1Cl. The molecule has 5 heteroatoms. The topological polar surface area (TPSA) is 45.0 Å². The van der Waals surface area contributed by atoms with Crippen LogP contribution in [0.3, 0.4) is 0 Å². The predicted molar refractivity (Wildman–Crippen MR) is 86.8 cm³/mol. The van der Waals surface area contributed by atoms with Gasteiger partial charge in [0.1, 0.15) is 11.8 Å². The molecule has 0 saturated carbocycles. The number of anilines is 1. The third-order valence-electron chi connectivity index (χ3n) is 3.40. The van der Waals surface area contributed by atoms with Crippen molar-refractivity contribution in [2.45, 2.75) is 13.0 Å². The van der Waals surface area contributed by atoms with Gasteiger partial charge in [0.25, 0.3) is 0 Å². The largest absolute Gasteiger partial charge is 0.493 e. The molecule has 0 unspecified atom stereocenters.